The van der Waals surface area contributed by atoms with Crippen LogP contribution in [0.3, 0.4) is 0 Å². The van der Waals surface area contributed by atoms with Crippen LogP contribution in [0.5, 0.6) is 0 Å². The summed E-state index contributed by atoms with van der Waals surface area (Å²) in [6.07, 6.45) is -3.07. The van der Waals surface area contributed by atoms with Gasteiger partial charge in [-0.1, -0.05) is 18.2 Å². The molecule has 90 valence electrons. The molecule has 17 heavy (non-hydrogen) atoms. The van der Waals surface area contributed by atoms with E-state index in [4.69, 9.17) is 11.6 Å². The van der Waals surface area contributed by atoms with E-state index in [1.807, 2.05) is 0 Å². The van der Waals surface area contributed by atoms with Gasteiger partial charge < -0.3 is 4.57 Å². The van der Waals surface area contributed by atoms with Crippen LogP contribution in [0.25, 0.3) is 11.3 Å². The normalized spacial score (nSPS) is 11.8. The lowest BCUT2D eigenvalue weighted by molar-refractivity contribution is -0.137. The van der Waals surface area contributed by atoms with Crippen molar-refractivity contribution in [1.82, 2.24) is 9.55 Å². The molecule has 0 bridgehead atoms. The number of alkyl halides is 3. The molecule has 2 nitrogen and oxygen atoms in total. The maximum Gasteiger partial charge on any atom is 0.417 e. The molecule has 0 spiro atoms. The van der Waals surface area contributed by atoms with Crippen molar-refractivity contribution in [3.8, 4) is 11.3 Å². The molecule has 0 fully saturated rings. The van der Waals surface area contributed by atoms with E-state index in [2.05, 4.69) is 4.98 Å². The summed E-state index contributed by atoms with van der Waals surface area (Å²) < 4.78 is 39.8. The fourth-order valence-electron chi connectivity index (χ4n) is 1.59. The van der Waals surface area contributed by atoms with Crippen LogP contribution in [0.4, 0.5) is 13.2 Å². The molecule has 0 atom stereocenters. The molecule has 6 heteroatoms. The smallest absolute Gasteiger partial charge is 0.318 e. The van der Waals surface area contributed by atoms with E-state index in [9.17, 15) is 13.2 Å². The monoisotopic (exact) mass is 260 g/mol. The summed E-state index contributed by atoms with van der Waals surface area (Å²) >= 11 is 5.72. The topological polar surface area (TPSA) is 17.8 Å². The van der Waals surface area contributed by atoms with Crippen molar-refractivity contribution in [2.75, 3.05) is 0 Å². The van der Waals surface area contributed by atoms with Gasteiger partial charge in [0.25, 0.3) is 0 Å². The van der Waals surface area contributed by atoms with Crippen molar-refractivity contribution >= 4 is 11.6 Å². The van der Waals surface area contributed by atoms with Gasteiger partial charge in [0.1, 0.15) is 0 Å². The number of hydrogen-bond donors (Lipinski definition) is 0. The van der Waals surface area contributed by atoms with Gasteiger partial charge in [0.05, 0.1) is 17.5 Å². The van der Waals surface area contributed by atoms with Gasteiger partial charge in [-0.25, -0.2) is 4.98 Å². The van der Waals surface area contributed by atoms with E-state index in [-0.39, 0.29) is 10.8 Å². The summed E-state index contributed by atoms with van der Waals surface area (Å²) in [4.78, 5) is 3.78. The minimum absolute atomic E-state index is 0.0712. The minimum Gasteiger partial charge on any atom is -0.318 e. The van der Waals surface area contributed by atoms with Gasteiger partial charge in [0.2, 0.25) is 5.28 Å². The lowest BCUT2D eigenvalue weighted by Gasteiger charge is -2.12. The van der Waals surface area contributed by atoms with Gasteiger partial charge in [-0.3, -0.25) is 0 Å². The van der Waals surface area contributed by atoms with Crippen molar-refractivity contribution in [2.24, 2.45) is 7.05 Å². The van der Waals surface area contributed by atoms with Crippen LogP contribution >= 0.6 is 11.6 Å². The number of rotatable bonds is 1. The zero-order chi connectivity index (χ0) is 12.6. The Morgan fingerprint density at radius 2 is 1.88 bits per heavy atom. The lowest BCUT2D eigenvalue weighted by Crippen LogP contribution is -2.08. The Kier molecular flexibility index (Phi) is 2.87. The highest BCUT2D eigenvalue weighted by Crippen LogP contribution is 2.37. The first-order valence-electron chi connectivity index (χ1n) is 4.75. The summed E-state index contributed by atoms with van der Waals surface area (Å²) in [6.45, 7) is 0. The molecule has 0 aliphatic carbocycles. The highest BCUT2D eigenvalue weighted by Gasteiger charge is 2.33. The van der Waals surface area contributed by atoms with Gasteiger partial charge in [0.15, 0.2) is 0 Å². The summed E-state index contributed by atoms with van der Waals surface area (Å²) in [5.74, 6) is 0. The summed E-state index contributed by atoms with van der Waals surface area (Å²) in [5.41, 5.74) is -0.288. The van der Waals surface area contributed by atoms with Crippen LogP contribution in [0.2, 0.25) is 5.28 Å². The van der Waals surface area contributed by atoms with E-state index >= 15 is 0 Å². The highest BCUT2D eigenvalue weighted by atomic mass is 35.5. The molecule has 1 heterocycles. The molecular formula is C11H8ClF3N2. The Hall–Kier alpha value is -1.49. The molecule has 0 amide bonds. The molecule has 0 aliphatic rings. The Bertz CT molecular complexity index is 546. The molecule has 0 radical (unpaired) electrons. The fraction of sp³-hybridized carbons (Fsp3) is 0.182. The highest BCUT2D eigenvalue weighted by molar-refractivity contribution is 6.28. The van der Waals surface area contributed by atoms with Gasteiger partial charge in [-0.05, 0) is 17.7 Å². The van der Waals surface area contributed by atoms with E-state index in [0.717, 1.165) is 6.07 Å². The SMILES string of the molecule is Cn1c(-c2ccccc2C(F)(F)F)cnc1Cl. The van der Waals surface area contributed by atoms with E-state index in [1.54, 1.807) is 13.1 Å². The molecule has 2 aromatic rings. The number of benzene rings is 1. The lowest BCUT2D eigenvalue weighted by atomic mass is 10.0. The van der Waals surface area contributed by atoms with E-state index in [0.29, 0.717) is 5.69 Å². The molecule has 0 N–H and O–H groups in total. The Morgan fingerprint density at radius 3 is 2.41 bits per heavy atom. The number of aromatic nitrogens is 2. The molecule has 1 aromatic carbocycles. The summed E-state index contributed by atoms with van der Waals surface area (Å²) in [6, 6.07) is 5.34. The predicted molar refractivity (Wildman–Crippen MR) is 58.7 cm³/mol. The molecule has 0 aliphatic heterocycles. The third-order valence-corrected chi connectivity index (χ3v) is 2.79. The first kappa shape index (κ1) is 12.0. The molecule has 0 saturated heterocycles. The standard InChI is InChI=1S/C11H8ClF3N2/c1-17-9(6-16-10(17)12)7-4-2-3-5-8(7)11(13,14)15/h2-6H,1H3. The average Bonchev–Trinajstić information content (AvgIpc) is 2.59. The molecule has 2 rings (SSSR count). The van der Waals surface area contributed by atoms with Crippen LogP contribution in [-0.4, -0.2) is 9.55 Å². The first-order valence-corrected chi connectivity index (χ1v) is 5.13. The third-order valence-electron chi connectivity index (χ3n) is 2.44. The van der Waals surface area contributed by atoms with Crippen LogP contribution in [0.1, 0.15) is 5.56 Å². The van der Waals surface area contributed by atoms with E-state index in [1.165, 1.54) is 22.9 Å². The quantitative estimate of drug-likeness (QED) is 0.763. The van der Waals surface area contributed by atoms with Crippen LogP contribution in [-0.2, 0) is 13.2 Å². The van der Waals surface area contributed by atoms with Gasteiger partial charge in [-0.2, -0.15) is 13.2 Å². The molecule has 0 unspecified atom stereocenters. The molecule has 0 saturated carbocycles. The van der Waals surface area contributed by atoms with Crippen molar-refractivity contribution in [3.05, 3.63) is 41.3 Å². The number of imidazole rings is 1. The second-order valence-corrected chi connectivity index (χ2v) is 3.85. The zero-order valence-corrected chi connectivity index (χ0v) is 9.55. The number of halogens is 4. The Labute approximate surface area is 101 Å². The Balaban J connectivity index is 2.64. The number of nitrogens with zero attached hydrogens (tertiary/aromatic N) is 2. The van der Waals surface area contributed by atoms with Crippen LogP contribution < -0.4 is 0 Å². The predicted octanol–water partition coefficient (Wildman–Crippen LogP) is 3.76. The largest absolute Gasteiger partial charge is 0.417 e. The van der Waals surface area contributed by atoms with Gasteiger partial charge >= 0.3 is 6.18 Å². The van der Waals surface area contributed by atoms with Crippen molar-refractivity contribution in [3.63, 3.8) is 0 Å². The summed E-state index contributed by atoms with van der Waals surface area (Å²) in [5, 5.41) is 0.150. The third kappa shape index (κ3) is 2.15. The first-order chi connectivity index (χ1) is 7.91. The maximum absolute atomic E-state index is 12.8. The van der Waals surface area contributed by atoms with Gasteiger partial charge in [0, 0.05) is 12.6 Å². The summed E-state index contributed by atoms with van der Waals surface area (Å²) in [7, 11) is 1.57. The van der Waals surface area contributed by atoms with E-state index < -0.39 is 11.7 Å². The Morgan fingerprint density at radius 1 is 1.24 bits per heavy atom. The number of hydrogen-bond acceptors (Lipinski definition) is 1. The minimum atomic E-state index is -4.40. The zero-order valence-electron chi connectivity index (χ0n) is 8.79. The van der Waals surface area contributed by atoms with Crippen LogP contribution in [0, 0.1) is 0 Å². The van der Waals surface area contributed by atoms with Crippen molar-refractivity contribution in [2.45, 2.75) is 6.18 Å². The fourth-order valence-corrected chi connectivity index (χ4v) is 1.73. The second-order valence-electron chi connectivity index (χ2n) is 3.51. The molecule has 1 aromatic heterocycles. The van der Waals surface area contributed by atoms with Crippen molar-refractivity contribution < 1.29 is 13.2 Å². The second kappa shape index (κ2) is 4.07. The van der Waals surface area contributed by atoms with Crippen LogP contribution in [0.15, 0.2) is 30.5 Å². The molecular weight excluding hydrogens is 253 g/mol. The van der Waals surface area contributed by atoms with Crippen molar-refractivity contribution in [1.29, 1.82) is 0 Å². The maximum atomic E-state index is 12.8. The van der Waals surface area contributed by atoms with Gasteiger partial charge in [-0.15, -0.1) is 0 Å². The average molecular weight is 261 g/mol.